The molecule has 0 spiro atoms. The average Bonchev–Trinajstić information content (AvgIpc) is 0. The van der Waals surface area contributed by atoms with Crippen LogP contribution in [0.4, 0.5) is 0 Å². The molecule has 0 atom stereocenters. The minimum absolute atomic E-state index is 0. The van der Waals surface area contributed by atoms with Crippen molar-refractivity contribution in [2.75, 3.05) is 0 Å². The Morgan fingerprint density at radius 1 is 0.333 bits per heavy atom. The molecule has 6 heteroatoms. The summed E-state index contributed by atoms with van der Waals surface area (Å²) < 4.78 is 0. The first kappa shape index (κ1) is 129. The molecule has 0 saturated heterocycles. The third-order valence-corrected chi connectivity index (χ3v) is 0. The first-order valence-corrected chi connectivity index (χ1v) is 0. The second-order valence-electron chi connectivity index (χ2n) is 0. The van der Waals surface area contributed by atoms with Gasteiger partial charge in [0.2, 0.25) is 0 Å². The van der Waals surface area contributed by atoms with Gasteiger partial charge in [0.05, 0.1) is 0 Å². The average molecular weight is 490 g/mol. The van der Waals surface area contributed by atoms with Crippen LogP contribution in [-0.4, -0.2) is 74.3 Å². The molecule has 0 rings (SSSR count). The summed E-state index contributed by atoms with van der Waals surface area (Å²) >= 11 is 0. The normalized spacial score (nSPS) is 0. The summed E-state index contributed by atoms with van der Waals surface area (Å²) in [6, 6.07) is 0. The van der Waals surface area contributed by atoms with Crippen LogP contribution in [0, 0.1) is 0 Å². The topological polar surface area (TPSA) is 126 Å². The quantitative estimate of drug-likeness (QED) is 0.307. The van der Waals surface area contributed by atoms with Gasteiger partial charge in [-0.15, -0.1) is 0 Å². The summed E-state index contributed by atoms with van der Waals surface area (Å²) in [5.41, 5.74) is 0. The van der Waals surface area contributed by atoms with E-state index in [1.54, 1.807) is 0 Å². The summed E-state index contributed by atoms with van der Waals surface area (Å²) in [7, 11) is 0. The van der Waals surface area contributed by atoms with E-state index in [9.17, 15) is 0 Å². The molecule has 42 valence electrons. The van der Waals surface area contributed by atoms with E-state index in [4.69, 9.17) is 0 Å². The maximum absolute atomic E-state index is 0. The van der Waals surface area contributed by atoms with Gasteiger partial charge in [0.25, 0.3) is 0 Å². The fourth-order valence-corrected chi connectivity index (χ4v) is 0. The van der Waals surface area contributed by atoms with Gasteiger partial charge in [0, 0.05) is 52.4 Å². The fourth-order valence-electron chi connectivity index (χ4n) is 0. The molecule has 0 heterocycles. The van der Waals surface area contributed by atoms with Gasteiger partial charge in [-0.05, 0) is 0 Å². The van der Waals surface area contributed by atoms with Crippen molar-refractivity contribution in [1.29, 1.82) is 0 Å². The Morgan fingerprint density at radius 3 is 0.333 bits per heavy atom. The van der Waals surface area contributed by atoms with Crippen LogP contribution in [0.25, 0.3) is 0 Å². The summed E-state index contributed by atoms with van der Waals surface area (Å²) in [6.45, 7) is 0. The Bertz CT molecular complexity index is 5.51. The molecule has 0 aromatic heterocycles. The molecular formula is H8Bi2O4. The number of rotatable bonds is 0. The smallest absolute Gasteiger partial charge is 0 e. The zero-order chi connectivity index (χ0) is 0. The molecule has 0 saturated carbocycles. The molecule has 0 aromatic rings. The van der Waals surface area contributed by atoms with Gasteiger partial charge < -0.3 is 21.9 Å². The van der Waals surface area contributed by atoms with Crippen LogP contribution in [0.15, 0.2) is 0 Å². The third-order valence-electron chi connectivity index (χ3n) is 0. The molecule has 8 N–H and O–H groups in total. The van der Waals surface area contributed by atoms with Gasteiger partial charge in [-0.2, -0.15) is 0 Å². The SMILES string of the molecule is O.O.O.O.[Bi].[Bi]. The van der Waals surface area contributed by atoms with Crippen LogP contribution in [0.1, 0.15) is 0 Å². The second kappa shape index (κ2) is 80.5. The minimum Gasteiger partial charge on any atom is -0.412 e. The van der Waals surface area contributed by atoms with E-state index in [0.29, 0.717) is 0 Å². The Balaban J connectivity index is 0. The van der Waals surface area contributed by atoms with Crippen LogP contribution >= 0.6 is 0 Å². The number of hydrogen-bond acceptors (Lipinski definition) is 0. The van der Waals surface area contributed by atoms with E-state index >= 15 is 0 Å². The van der Waals surface area contributed by atoms with Crippen LogP contribution in [0.3, 0.4) is 0 Å². The van der Waals surface area contributed by atoms with Gasteiger partial charge in [-0.25, -0.2) is 0 Å². The van der Waals surface area contributed by atoms with Crippen LogP contribution in [-0.2, 0) is 0 Å². The van der Waals surface area contributed by atoms with E-state index in [2.05, 4.69) is 0 Å². The molecule has 0 aromatic carbocycles. The Morgan fingerprint density at radius 2 is 0.333 bits per heavy atom. The van der Waals surface area contributed by atoms with Crippen molar-refractivity contribution in [3.63, 3.8) is 0 Å². The molecule has 0 amide bonds. The van der Waals surface area contributed by atoms with E-state index < -0.39 is 0 Å². The summed E-state index contributed by atoms with van der Waals surface area (Å²) in [5.74, 6) is 0. The molecule has 0 aliphatic rings. The van der Waals surface area contributed by atoms with Crippen LogP contribution in [0.2, 0.25) is 0 Å². The van der Waals surface area contributed by atoms with Crippen molar-refractivity contribution in [3.8, 4) is 0 Å². The predicted molar refractivity (Wildman–Crippen MR) is 26.0 cm³/mol. The van der Waals surface area contributed by atoms with Crippen molar-refractivity contribution < 1.29 is 21.9 Å². The number of hydrogen-bond donors (Lipinski definition) is 0. The molecule has 6 heavy (non-hydrogen) atoms. The van der Waals surface area contributed by atoms with Crippen molar-refractivity contribution in [2.24, 2.45) is 0 Å². The molecule has 6 radical (unpaired) electrons. The zero-order valence-corrected chi connectivity index (χ0v) is 9.85. The largest absolute Gasteiger partial charge is 0.412 e. The fraction of sp³-hybridized carbons (Fsp3) is 0. The first-order chi connectivity index (χ1) is 0. The molecular weight excluding hydrogens is 482 g/mol. The molecule has 0 aliphatic heterocycles. The first-order valence-electron chi connectivity index (χ1n) is 0. The monoisotopic (exact) mass is 490 g/mol. The molecule has 4 nitrogen and oxygen atoms in total. The van der Waals surface area contributed by atoms with Gasteiger partial charge in [-0.3, -0.25) is 0 Å². The van der Waals surface area contributed by atoms with Crippen molar-refractivity contribution in [3.05, 3.63) is 0 Å². The minimum atomic E-state index is 0. The van der Waals surface area contributed by atoms with Crippen molar-refractivity contribution in [2.45, 2.75) is 0 Å². The van der Waals surface area contributed by atoms with E-state index in [-0.39, 0.29) is 74.3 Å². The summed E-state index contributed by atoms with van der Waals surface area (Å²) in [6.07, 6.45) is 0. The molecule has 0 bridgehead atoms. The van der Waals surface area contributed by atoms with Gasteiger partial charge >= 0.3 is 0 Å². The van der Waals surface area contributed by atoms with Crippen molar-refractivity contribution >= 4 is 52.4 Å². The maximum atomic E-state index is 0. The van der Waals surface area contributed by atoms with E-state index in [1.165, 1.54) is 0 Å². The molecule has 0 unspecified atom stereocenters. The van der Waals surface area contributed by atoms with Crippen molar-refractivity contribution in [1.82, 2.24) is 0 Å². The standard InChI is InChI=1S/2Bi.4H2O/h;;4*1H2. The van der Waals surface area contributed by atoms with E-state index in [0.717, 1.165) is 0 Å². The Hall–Kier alpha value is 1.61. The summed E-state index contributed by atoms with van der Waals surface area (Å²) in [5, 5.41) is 0. The second-order valence-corrected chi connectivity index (χ2v) is 0. The van der Waals surface area contributed by atoms with Crippen LogP contribution < -0.4 is 0 Å². The zero-order valence-electron chi connectivity index (χ0n) is 2.89. The molecule has 0 aliphatic carbocycles. The Kier molecular flexibility index (Phi) is 1730. The van der Waals surface area contributed by atoms with Crippen LogP contribution in [0.5, 0.6) is 0 Å². The summed E-state index contributed by atoms with van der Waals surface area (Å²) in [4.78, 5) is 0. The van der Waals surface area contributed by atoms with Gasteiger partial charge in [-0.1, -0.05) is 0 Å². The van der Waals surface area contributed by atoms with Gasteiger partial charge in [0.1, 0.15) is 0 Å². The van der Waals surface area contributed by atoms with E-state index in [1.807, 2.05) is 0 Å². The predicted octanol–water partition coefficient (Wildman–Crippen LogP) is -4.06. The van der Waals surface area contributed by atoms with Gasteiger partial charge in [0.15, 0.2) is 0 Å². The maximum Gasteiger partial charge on any atom is 0 e. The Labute approximate surface area is 73.8 Å². The third kappa shape index (κ3) is 46.1. The molecule has 0 fully saturated rings.